The van der Waals surface area contributed by atoms with Gasteiger partial charge in [-0.25, -0.2) is 9.98 Å². The summed E-state index contributed by atoms with van der Waals surface area (Å²) in [4.78, 5) is 41.0. The molecule has 2 aliphatic rings. The zero-order valence-electron chi connectivity index (χ0n) is 22.8. The molecule has 2 amide bonds. The Morgan fingerprint density at radius 2 is 1.88 bits per heavy atom. The third kappa shape index (κ3) is 4.57. The maximum Gasteiger partial charge on any atom is 0.259 e. The van der Waals surface area contributed by atoms with Crippen molar-refractivity contribution in [3.63, 3.8) is 0 Å². The highest BCUT2D eigenvalue weighted by Crippen LogP contribution is 2.38. The molecule has 1 aliphatic carbocycles. The average Bonchev–Trinajstić information content (AvgIpc) is 3.72. The Hall–Kier alpha value is -4.66. The van der Waals surface area contributed by atoms with E-state index in [-0.39, 0.29) is 17.4 Å². The summed E-state index contributed by atoms with van der Waals surface area (Å²) in [5, 5.41) is 2.92. The number of hydrogen-bond acceptors (Lipinski definition) is 6. The Bertz CT molecular complexity index is 1650. The van der Waals surface area contributed by atoms with Crippen LogP contribution < -0.4 is 15.0 Å². The third-order valence-electron chi connectivity index (χ3n) is 7.72. The Kier molecular flexibility index (Phi) is 6.50. The number of carbonyl (C=O) groups is 2. The number of H-pyrrole nitrogens is 1. The average molecular weight is 538 g/mol. The van der Waals surface area contributed by atoms with Gasteiger partial charge in [-0.3, -0.25) is 9.59 Å². The van der Waals surface area contributed by atoms with Gasteiger partial charge >= 0.3 is 0 Å². The predicted molar refractivity (Wildman–Crippen MR) is 155 cm³/mol. The van der Waals surface area contributed by atoms with Crippen LogP contribution in [0.4, 0.5) is 11.4 Å². The number of aryl methyl sites for hydroxylation is 1. The van der Waals surface area contributed by atoms with Gasteiger partial charge in [0.2, 0.25) is 5.90 Å². The van der Waals surface area contributed by atoms with Gasteiger partial charge in [0.15, 0.2) is 0 Å². The summed E-state index contributed by atoms with van der Waals surface area (Å²) in [6.45, 7) is 2.45. The molecule has 1 fully saturated rings. The van der Waals surface area contributed by atoms with E-state index in [4.69, 9.17) is 14.5 Å². The first kappa shape index (κ1) is 25.6. The summed E-state index contributed by atoms with van der Waals surface area (Å²) < 4.78 is 11.6. The first-order valence-electron chi connectivity index (χ1n) is 13.4. The number of aliphatic imine (C=N–C) groups is 1. The number of aromatic amines is 1. The molecule has 2 heterocycles. The Morgan fingerprint density at radius 1 is 1.07 bits per heavy atom. The topological polar surface area (TPSA) is 109 Å². The SMILES string of the molecule is COc1cc(C(=O)N(C)c2ccccc2C2=NC3(CCCC3)CO2)ccc1C(=O)Nc1cccc2[nH]c(C)nc12. The zero-order valence-corrected chi connectivity index (χ0v) is 22.8. The maximum atomic E-state index is 13.6. The van der Waals surface area contributed by atoms with Gasteiger partial charge in [0.05, 0.1) is 40.7 Å². The smallest absolute Gasteiger partial charge is 0.259 e. The molecule has 0 radical (unpaired) electrons. The molecule has 0 bridgehead atoms. The number of rotatable bonds is 6. The van der Waals surface area contributed by atoms with Crippen molar-refractivity contribution in [3.05, 3.63) is 83.2 Å². The number of hydrogen-bond donors (Lipinski definition) is 2. The minimum atomic E-state index is -0.361. The highest BCUT2D eigenvalue weighted by molar-refractivity contribution is 6.13. The normalized spacial score (nSPS) is 15.6. The molecule has 1 spiro atoms. The fourth-order valence-electron chi connectivity index (χ4n) is 5.62. The number of amides is 2. The lowest BCUT2D eigenvalue weighted by molar-refractivity contribution is 0.0988. The summed E-state index contributed by atoms with van der Waals surface area (Å²) in [5.74, 6) is 1.03. The van der Waals surface area contributed by atoms with Crippen molar-refractivity contribution in [2.24, 2.45) is 4.99 Å². The number of nitrogens with one attached hydrogen (secondary N) is 2. The number of anilines is 2. The molecule has 0 unspecified atom stereocenters. The van der Waals surface area contributed by atoms with Crippen molar-refractivity contribution >= 4 is 40.1 Å². The first-order chi connectivity index (χ1) is 19.4. The van der Waals surface area contributed by atoms with Gasteiger partial charge in [0, 0.05) is 12.6 Å². The lowest BCUT2D eigenvalue weighted by Crippen LogP contribution is -2.28. The van der Waals surface area contributed by atoms with E-state index in [9.17, 15) is 9.59 Å². The van der Waals surface area contributed by atoms with Crippen LogP contribution in [0.25, 0.3) is 11.0 Å². The Labute approximate surface area is 232 Å². The number of para-hydroxylation sites is 2. The van der Waals surface area contributed by atoms with Crippen LogP contribution in [0.2, 0.25) is 0 Å². The van der Waals surface area contributed by atoms with Crippen LogP contribution in [0, 0.1) is 6.92 Å². The Morgan fingerprint density at radius 3 is 2.67 bits per heavy atom. The quantitative estimate of drug-likeness (QED) is 0.338. The fourth-order valence-corrected chi connectivity index (χ4v) is 5.62. The van der Waals surface area contributed by atoms with Crippen LogP contribution in [0.3, 0.4) is 0 Å². The van der Waals surface area contributed by atoms with Gasteiger partial charge in [0.25, 0.3) is 11.8 Å². The second kappa shape index (κ2) is 10.1. The molecular weight excluding hydrogens is 506 g/mol. The van der Waals surface area contributed by atoms with Gasteiger partial charge in [-0.15, -0.1) is 0 Å². The van der Waals surface area contributed by atoms with Gasteiger partial charge in [-0.2, -0.15) is 0 Å². The van der Waals surface area contributed by atoms with E-state index in [0.29, 0.717) is 46.3 Å². The highest BCUT2D eigenvalue weighted by Gasteiger charge is 2.40. The highest BCUT2D eigenvalue weighted by atomic mass is 16.5. The number of fused-ring (bicyclic) bond motifs is 1. The van der Waals surface area contributed by atoms with E-state index in [1.165, 1.54) is 7.11 Å². The molecule has 9 heteroatoms. The number of benzene rings is 3. The van der Waals surface area contributed by atoms with Crippen molar-refractivity contribution in [3.8, 4) is 5.75 Å². The van der Waals surface area contributed by atoms with Gasteiger partial charge < -0.3 is 24.7 Å². The van der Waals surface area contributed by atoms with Gasteiger partial charge in [-0.1, -0.05) is 31.0 Å². The standard InChI is InChI=1S/C31H31N5O4/c1-19-32-23-10-8-11-24(27(23)33-19)34-28(37)22-14-13-20(17-26(22)39-3)30(38)36(2)25-12-5-4-9-21(25)29-35-31(18-40-29)15-6-7-16-31/h4-5,8-14,17H,6-7,15-16,18H2,1-3H3,(H,32,33)(H,34,37). The number of ether oxygens (including phenoxy) is 2. The number of carbonyl (C=O) groups excluding carboxylic acids is 2. The molecule has 9 nitrogen and oxygen atoms in total. The lowest BCUT2D eigenvalue weighted by atomic mass is 10.0. The largest absolute Gasteiger partial charge is 0.496 e. The van der Waals surface area contributed by atoms with Crippen molar-refractivity contribution in [1.29, 1.82) is 0 Å². The number of imidazole rings is 1. The van der Waals surface area contributed by atoms with Crippen LogP contribution in [0.5, 0.6) is 5.75 Å². The van der Waals surface area contributed by atoms with Crippen LogP contribution in [-0.4, -0.2) is 54.0 Å². The number of methoxy groups -OCH3 is 1. The van der Waals surface area contributed by atoms with Crippen molar-refractivity contribution in [1.82, 2.24) is 9.97 Å². The van der Waals surface area contributed by atoms with Crippen LogP contribution in [0.15, 0.2) is 65.7 Å². The monoisotopic (exact) mass is 537 g/mol. The van der Waals surface area contributed by atoms with E-state index in [1.54, 1.807) is 36.2 Å². The molecule has 1 saturated carbocycles. The van der Waals surface area contributed by atoms with Crippen LogP contribution in [0.1, 0.15) is 57.8 Å². The van der Waals surface area contributed by atoms with Crippen LogP contribution in [-0.2, 0) is 4.74 Å². The van der Waals surface area contributed by atoms with E-state index < -0.39 is 0 Å². The fraction of sp³-hybridized carbons (Fsp3) is 0.290. The van der Waals surface area contributed by atoms with Crippen LogP contribution >= 0.6 is 0 Å². The second-order valence-corrected chi connectivity index (χ2v) is 10.4. The lowest BCUT2D eigenvalue weighted by Gasteiger charge is -2.21. The summed E-state index contributed by atoms with van der Waals surface area (Å²) in [6.07, 6.45) is 4.38. The van der Waals surface area contributed by atoms with E-state index in [0.717, 1.165) is 42.6 Å². The molecule has 3 aromatic carbocycles. The van der Waals surface area contributed by atoms with E-state index in [2.05, 4.69) is 15.3 Å². The molecule has 6 rings (SSSR count). The summed E-state index contributed by atoms with van der Waals surface area (Å²) in [7, 11) is 3.20. The molecule has 2 N–H and O–H groups in total. The van der Waals surface area contributed by atoms with Crippen molar-refractivity contribution < 1.29 is 19.1 Å². The molecular formula is C31H31N5O4. The number of nitrogens with zero attached hydrogens (tertiary/aromatic N) is 3. The molecule has 1 aromatic heterocycles. The molecule has 204 valence electrons. The van der Waals surface area contributed by atoms with E-state index in [1.807, 2.05) is 43.3 Å². The molecule has 1 aliphatic heterocycles. The molecule has 4 aromatic rings. The summed E-state index contributed by atoms with van der Waals surface area (Å²) >= 11 is 0. The Balaban J connectivity index is 1.25. The van der Waals surface area contributed by atoms with Gasteiger partial charge in [0.1, 0.15) is 23.7 Å². The third-order valence-corrected chi connectivity index (χ3v) is 7.72. The minimum absolute atomic E-state index is 0.129. The summed E-state index contributed by atoms with van der Waals surface area (Å²) in [5.41, 5.74) is 4.14. The zero-order chi connectivity index (χ0) is 27.9. The number of aromatic nitrogens is 2. The van der Waals surface area contributed by atoms with Gasteiger partial charge in [-0.05, 0) is 62.2 Å². The summed E-state index contributed by atoms with van der Waals surface area (Å²) in [6, 6.07) is 18.0. The van der Waals surface area contributed by atoms with Crippen molar-refractivity contribution in [2.45, 2.75) is 38.1 Å². The maximum absolute atomic E-state index is 13.6. The predicted octanol–water partition coefficient (Wildman–Crippen LogP) is 5.50. The minimum Gasteiger partial charge on any atom is -0.496 e. The first-order valence-corrected chi connectivity index (χ1v) is 13.4. The van der Waals surface area contributed by atoms with E-state index >= 15 is 0 Å². The molecule has 0 atom stereocenters. The second-order valence-electron chi connectivity index (χ2n) is 10.4. The van der Waals surface area contributed by atoms with Crippen molar-refractivity contribution in [2.75, 3.05) is 31.0 Å². The molecule has 0 saturated heterocycles. The molecule has 40 heavy (non-hydrogen) atoms.